The summed E-state index contributed by atoms with van der Waals surface area (Å²) in [6.45, 7) is 8.70. The average molecular weight is 263 g/mol. The third-order valence-corrected chi connectivity index (χ3v) is 4.56. The molecule has 0 bridgehead atoms. The van der Waals surface area contributed by atoms with E-state index >= 15 is 0 Å². The fraction of sp³-hybridized carbons (Fsp3) is 0.800. The van der Waals surface area contributed by atoms with E-state index in [1.807, 2.05) is 13.8 Å². The molecule has 0 radical (unpaired) electrons. The lowest BCUT2D eigenvalue weighted by molar-refractivity contribution is 0.144. The molecular formula is C15H25N3O. The Balaban J connectivity index is 1.66. The maximum absolute atomic E-state index is 5.32. The van der Waals surface area contributed by atoms with E-state index < -0.39 is 0 Å². The van der Waals surface area contributed by atoms with Crippen LogP contribution >= 0.6 is 0 Å². The zero-order valence-corrected chi connectivity index (χ0v) is 12.3. The minimum atomic E-state index is 0.412. The Labute approximate surface area is 115 Å². The van der Waals surface area contributed by atoms with Gasteiger partial charge in [0.05, 0.1) is 5.69 Å². The summed E-state index contributed by atoms with van der Waals surface area (Å²) in [5.41, 5.74) is 2.33. The van der Waals surface area contributed by atoms with E-state index in [1.165, 1.54) is 37.8 Å². The minimum Gasteiger partial charge on any atom is -0.361 e. The maximum Gasteiger partial charge on any atom is 0.138 e. The summed E-state index contributed by atoms with van der Waals surface area (Å²) in [4.78, 5) is 2.58. The number of likely N-dealkylation sites (tertiary alicyclic amines) is 1. The second kappa shape index (κ2) is 5.25. The lowest BCUT2D eigenvalue weighted by Crippen LogP contribution is -2.47. The maximum atomic E-state index is 5.32. The standard InChI is InChI=1S/C15H25N3O/c1-10-15(12(3)19-17-10)11(2)18-8-4-5-14(9-18)16-13-6-7-13/h11,13-14,16H,4-9H2,1-3H3. The van der Waals surface area contributed by atoms with Gasteiger partial charge in [-0.3, -0.25) is 4.90 Å². The van der Waals surface area contributed by atoms with Crippen LogP contribution in [0.2, 0.25) is 0 Å². The molecule has 1 saturated carbocycles. The van der Waals surface area contributed by atoms with E-state index in [0.717, 1.165) is 24.0 Å². The van der Waals surface area contributed by atoms with Gasteiger partial charge in [-0.25, -0.2) is 0 Å². The highest BCUT2D eigenvalue weighted by atomic mass is 16.5. The number of piperidine rings is 1. The highest BCUT2D eigenvalue weighted by molar-refractivity contribution is 5.24. The fourth-order valence-corrected chi connectivity index (χ4v) is 3.35. The smallest absolute Gasteiger partial charge is 0.138 e. The Morgan fingerprint density at radius 3 is 2.68 bits per heavy atom. The molecule has 19 heavy (non-hydrogen) atoms. The van der Waals surface area contributed by atoms with Crippen LogP contribution in [0, 0.1) is 13.8 Å². The summed E-state index contributed by atoms with van der Waals surface area (Å²) in [7, 11) is 0. The van der Waals surface area contributed by atoms with Crippen molar-refractivity contribution in [2.45, 2.75) is 64.6 Å². The van der Waals surface area contributed by atoms with Crippen molar-refractivity contribution in [3.8, 4) is 0 Å². The molecule has 1 saturated heterocycles. The molecule has 2 fully saturated rings. The van der Waals surface area contributed by atoms with E-state index in [2.05, 4.69) is 22.3 Å². The van der Waals surface area contributed by atoms with Gasteiger partial charge in [0.15, 0.2) is 0 Å². The van der Waals surface area contributed by atoms with E-state index in [-0.39, 0.29) is 0 Å². The van der Waals surface area contributed by atoms with Gasteiger partial charge in [-0.2, -0.15) is 0 Å². The SMILES string of the molecule is Cc1noc(C)c1C(C)N1CCCC(NC2CC2)C1. The van der Waals surface area contributed by atoms with Gasteiger partial charge in [-0.15, -0.1) is 0 Å². The molecule has 0 spiro atoms. The molecule has 1 aromatic heterocycles. The minimum absolute atomic E-state index is 0.412. The summed E-state index contributed by atoms with van der Waals surface area (Å²) < 4.78 is 5.32. The monoisotopic (exact) mass is 263 g/mol. The zero-order valence-electron chi connectivity index (χ0n) is 12.3. The van der Waals surface area contributed by atoms with Crippen LogP contribution in [0.3, 0.4) is 0 Å². The molecule has 0 aromatic carbocycles. The molecule has 4 nitrogen and oxygen atoms in total. The van der Waals surface area contributed by atoms with Crippen LogP contribution in [-0.2, 0) is 0 Å². The van der Waals surface area contributed by atoms with Crippen molar-refractivity contribution in [2.75, 3.05) is 13.1 Å². The van der Waals surface area contributed by atoms with Crippen molar-refractivity contribution >= 4 is 0 Å². The van der Waals surface area contributed by atoms with Crippen molar-refractivity contribution in [3.05, 3.63) is 17.0 Å². The van der Waals surface area contributed by atoms with Crippen LogP contribution < -0.4 is 5.32 Å². The number of hydrogen-bond acceptors (Lipinski definition) is 4. The van der Waals surface area contributed by atoms with Gasteiger partial charge >= 0.3 is 0 Å². The topological polar surface area (TPSA) is 41.3 Å². The van der Waals surface area contributed by atoms with Crippen molar-refractivity contribution in [1.82, 2.24) is 15.4 Å². The van der Waals surface area contributed by atoms with Crippen molar-refractivity contribution in [3.63, 3.8) is 0 Å². The van der Waals surface area contributed by atoms with Crippen LogP contribution in [0.25, 0.3) is 0 Å². The molecule has 1 aliphatic carbocycles. The number of rotatable bonds is 4. The number of nitrogens with one attached hydrogen (secondary N) is 1. The highest BCUT2D eigenvalue weighted by Gasteiger charge is 2.30. The first kappa shape index (κ1) is 13.1. The van der Waals surface area contributed by atoms with Gasteiger partial charge in [-0.1, -0.05) is 5.16 Å². The molecule has 0 amide bonds. The first-order chi connectivity index (χ1) is 9.15. The summed E-state index contributed by atoms with van der Waals surface area (Å²) in [5, 5.41) is 7.86. The van der Waals surface area contributed by atoms with Gasteiger partial charge in [0.25, 0.3) is 0 Å². The third kappa shape index (κ3) is 2.84. The lowest BCUT2D eigenvalue weighted by Gasteiger charge is -2.37. The molecule has 2 unspecified atom stereocenters. The molecule has 3 rings (SSSR count). The lowest BCUT2D eigenvalue weighted by atomic mass is 9.99. The van der Waals surface area contributed by atoms with Gasteiger partial charge in [-0.05, 0) is 53.0 Å². The van der Waals surface area contributed by atoms with Gasteiger partial charge in [0, 0.05) is 30.2 Å². The van der Waals surface area contributed by atoms with Gasteiger partial charge < -0.3 is 9.84 Å². The normalized spacial score (nSPS) is 26.6. The highest BCUT2D eigenvalue weighted by Crippen LogP contribution is 2.29. The van der Waals surface area contributed by atoms with Crippen LogP contribution in [0.5, 0.6) is 0 Å². The molecule has 1 aromatic rings. The Kier molecular flexibility index (Phi) is 3.63. The summed E-state index contributed by atoms with van der Waals surface area (Å²) >= 11 is 0. The van der Waals surface area contributed by atoms with Crippen LogP contribution in [0.4, 0.5) is 0 Å². The largest absolute Gasteiger partial charge is 0.361 e. The number of aromatic nitrogens is 1. The third-order valence-electron chi connectivity index (χ3n) is 4.56. The average Bonchev–Trinajstić information content (AvgIpc) is 3.14. The van der Waals surface area contributed by atoms with Crippen molar-refractivity contribution < 1.29 is 4.52 Å². The fourth-order valence-electron chi connectivity index (χ4n) is 3.35. The molecule has 106 valence electrons. The molecule has 1 aliphatic heterocycles. The number of nitrogens with zero attached hydrogens (tertiary/aromatic N) is 2. The first-order valence-corrected chi connectivity index (χ1v) is 7.58. The molecule has 2 atom stereocenters. The van der Waals surface area contributed by atoms with Gasteiger partial charge in [0.1, 0.15) is 5.76 Å². The Morgan fingerprint density at radius 2 is 2.05 bits per heavy atom. The molecular weight excluding hydrogens is 238 g/mol. The van der Waals surface area contributed by atoms with Crippen molar-refractivity contribution in [1.29, 1.82) is 0 Å². The summed E-state index contributed by atoms with van der Waals surface area (Å²) in [6, 6.07) is 1.89. The van der Waals surface area contributed by atoms with E-state index in [4.69, 9.17) is 4.52 Å². The quantitative estimate of drug-likeness (QED) is 0.906. The molecule has 2 aliphatic rings. The van der Waals surface area contributed by atoms with Gasteiger partial charge in [0.2, 0.25) is 0 Å². The number of hydrogen-bond donors (Lipinski definition) is 1. The predicted molar refractivity (Wildman–Crippen MR) is 75.1 cm³/mol. The van der Waals surface area contributed by atoms with E-state index in [9.17, 15) is 0 Å². The molecule has 2 heterocycles. The van der Waals surface area contributed by atoms with Crippen LogP contribution in [0.15, 0.2) is 4.52 Å². The zero-order chi connectivity index (χ0) is 13.4. The first-order valence-electron chi connectivity index (χ1n) is 7.58. The second-order valence-electron chi connectivity index (χ2n) is 6.19. The molecule has 1 N–H and O–H groups in total. The Hall–Kier alpha value is -0.870. The van der Waals surface area contributed by atoms with Crippen LogP contribution in [-0.4, -0.2) is 35.2 Å². The Bertz CT molecular complexity index is 419. The summed E-state index contributed by atoms with van der Waals surface area (Å²) in [6.07, 6.45) is 5.35. The van der Waals surface area contributed by atoms with E-state index in [0.29, 0.717) is 12.1 Å². The van der Waals surface area contributed by atoms with Crippen LogP contribution in [0.1, 0.15) is 55.7 Å². The predicted octanol–water partition coefficient (Wildman–Crippen LogP) is 2.57. The van der Waals surface area contributed by atoms with Crippen molar-refractivity contribution in [2.24, 2.45) is 0 Å². The Morgan fingerprint density at radius 1 is 1.26 bits per heavy atom. The second-order valence-corrected chi connectivity index (χ2v) is 6.19. The molecule has 4 heteroatoms. The summed E-state index contributed by atoms with van der Waals surface area (Å²) in [5.74, 6) is 0.974. The number of aryl methyl sites for hydroxylation is 2. The van der Waals surface area contributed by atoms with E-state index in [1.54, 1.807) is 0 Å².